The van der Waals surface area contributed by atoms with Gasteiger partial charge in [0.25, 0.3) is 0 Å². The van der Waals surface area contributed by atoms with Gasteiger partial charge < -0.3 is 15.7 Å². The third-order valence-corrected chi connectivity index (χ3v) is 3.59. The lowest BCUT2D eigenvalue weighted by molar-refractivity contribution is 0.142. The maximum atomic E-state index is 8.84. The molecule has 0 saturated heterocycles. The van der Waals surface area contributed by atoms with Gasteiger partial charge in [0.15, 0.2) is 5.84 Å². The molecule has 0 radical (unpaired) electrons. The molecule has 3 N–H and O–H groups in total. The molecule has 0 bridgehead atoms. The fraction of sp³-hybridized carbons (Fsp3) is 0.533. The second kappa shape index (κ2) is 8.10. The summed E-state index contributed by atoms with van der Waals surface area (Å²) in [6.07, 6.45) is 0. The van der Waals surface area contributed by atoms with Crippen molar-refractivity contribution in [3.05, 3.63) is 28.8 Å². The van der Waals surface area contributed by atoms with E-state index in [1.54, 1.807) is 18.2 Å². The van der Waals surface area contributed by atoms with Crippen LogP contribution in [0.4, 0.5) is 0 Å². The highest BCUT2D eigenvalue weighted by Crippen LogP contribution is 2.26. The number of hydrogen-bond acceptors (Lipinski definition) is 4. The first-order chi connectivity index (χ1) is 9.88. The number of benzene rings is 1. The summed E-state index contributed by atoms with van der Waals surface area (Å²) in [5.74, 6) is 0.463. The minimum absolute atomic E-state index is 0.0554. The number of amidine groups is 1. The highest BCUT2D eigenvalue weighted by atomic mass is 35.5. The fourth-order valence-electron chi connectivity index (χ4n) is 2.30. The summed E-state index contributed by atoms with van der Waals surface area (Å²) >= 11 is 6.08. The largest absolute Gasteiger partial charge is 0.491 e. The van der Waals surface area contributed by atoms with Gasteiger partial charge in [0, 0.05) is 18.6 Å². The summed E-state index contributed by atoms with van der Waals surface area (Å²) in [5, 5.41) is 12.2. The van der Waals surface area contributed by atoms with Gasteiger partial charge >= 0.3 is 0 Å². The van der Waals surface area contributed by atoms with Gasteiger partial charge in [-0.25, -0.2) is 0 Å². The Morgan fingerprint density at radius 2 is 1.95 bits per heavy atom. The summed E-state index contributed by atoms with van der Waals surface area (Å²) in [6, 6.07) is 6.09. The molecule has 0 atom stereocenters. The molecule has 0 aliphatic heterocycles. The van der Waals surface area contributed by atoms with Crippen LogP contribution in [0.1, 0.15) is 33.3 Å². The summed E-state index contributed by atoms with van der Waals surface area (Å²) in [4.78, 5) is 2.33. The Morgan fingerprint density at radius 3 is 2.48 bits per heavy atom. The average molecular weight is 314 g/mol. The monoisotopic (exact) mass is 313 g/mol. The molecule has 0 fully saturated rings. The molecule has 0 aliphatic rings. The van der Waals surface area contributed by atoms with Crippen molar-refractivity contribution < 1.29 is 9.94 Å². The minimum atomic E-state index is -0.0554. The molecule has 1 aromatic rings. The van der Waals surface area contributed by atoms with Crippen molar-refractivity contribution in [2.75, 3.05) is 13.2 Å². The van der Waals surface area contributed by atoms with E-state index in [-0.39, 0.29) is 5.84 Å². The molecule has 1 aromatic carbocycles. The lowest BCUT2D eigenvalue weighted by Gasteiger charge is -2.30. The molecular formula is C15H24ClN3O2. The Balaban J connectivity index is 2.79. The Hall–Kier alpha value is -1.46. The number of nitrogens with two attached hydrogens (primary N) is 1. The van der Waals surface area contributed by atoms with Crippen molar-refractivity contribution >= 4 is 17.4 Å². The molecule has 0 heterocycles. The molecule has 0 aromatic heterocycles. The molecular weight excluding hydrogens is 290 g/mol. The second-order valence-electron chi connectivity index (χ2n) is 5.37. The minimum Gasteiger partial charge on any atom is -0.491 e. The van der Waals surface area contributed by atoms with Crippen LogP contribution in [-0.2, 0) is 0 Å². The van der Waals surface area contributed by atoms with Crippen molar-refractivity contribution in [1.82, 2.24) is 4.90 Å². The highest BCUT2D eigenvalue weighted by molar-refractivity contribution is 6.34. The summed E-state index contributed by atoms with van der Waals surface area (Å²) in [5.41, 5.74) is 6.07. The quantitative estimate of drug-likeness (QED) is 0.351. The van der Waals surface area contributed by atoms with Crippen LogP contribution >= 0.6 is 11.6 Å². The predicted molar refractivity (Wildman–Crippen MR) is 86.4 cm³/mol. The molecule has 21 heavy (non-hydrogen) atoms. The van der Waals surface area contributed by atoms with Gasteiger partial charge in [-0.2, -0.15) is 0 Å². The van der Waals surface area contributed by atoms with E-state index in [1.807, 2.05) is 0 Å². The van der Waals surface area contributed by atoms with E-state index in [2.05, 4.69) is 37.8 Å². The molecule has 0 spiro atoms. The smallest absolute Gasteiger partial charge is 0.175 e. The van der Waals surface area contributed by atoms with Crippen molar-refractivity contribution in [1.29, 1.82) is 0 Å². The Bertz CT molecular complexity index is 482. The molecule has 5 nitrogen and oxygen atoms in total. The van der Waals surface area contributed by atoms with E-state index in [0.29, 0.717) is 35.0 Å². The van der Waals surface area contributed by atoms with E-state index >= 15 is 0 Å². The highest BCUT2D eigenvalue weighted by Gasteiger charge is 2.15. The van der Waals surface area contributed by atoms with E-state index in [0.717, 1.165) is 6.54 Å². The first kappa shape index (κ1) is 17.6. The Morgan fingerprint density at radius 1 is 1.33 bits per heavy atom. The van der Waals surface area contributed by atoms with Crippen LogP contribution < -0.4 is 10.5 Å². The first-order valence-corrected chi connectivity index (χ1v) is 7.41. The molecule has 0 amide bonds. The van der Waals surface area contributed by atoms with E-state index in [4.69, 9.17) is 27.3 Å². The van der Waals surface area contributed by atoms with Crippen LogP contribution in [0.5, 0.6) is 5.75 Å². The van der Waals surface area contributed by atoms with Crippen molar-refractivity contribution in [3.63, 3.8) is 0 Å². The number of rotatable bonds is 7. The molecule has 0 saturated carbocycles. The molecule has 0 aliphatic carbocycles. The average Bonchev–Trinajstić information content (AvgIpc) is 2.42. The van der Waals surface area contributed by atoms with Crippen LogP contribution in [0.2, 0.25) is 5.02 Å². The van der Waals surface area contributed by atoms with Crippen LogP contribution in [0, 0.1) is 0 Å². The van der Waals surface area contributed by atoms with E-state index in [9.17, 15) is 0 Å². The molecule has 6 heteroatoms. The topological polar surface area (TPSA) is 71.1 Å². The SMILES string of the molecule is CC(C)N(CCOc1cccc(Cl)c1/C(N)=N/O)C(C)C. The number of ether oxygens (including phenoxy) is 1. The van der Waals surface area contributed by atoms with Crippen molar-refractivity contribution in [2.45, 2.75) is 39.8 Å². The number of oxime groups is 1. The van der Waals surface area contributed by atoms with Gasteiger partial charge in [0.05, 0.1) is 10.6 Å². The first-order valence-electron chi connectivity index (χ1n) is 7.03. The second-order valence-corrected chi connectivity index (χ2v) is 5.78. The number of hydrogen-bond donors (Lipinski definition) is 2. The van der Waals surface area contributed by atoms with Crippen LogP contribution in [0.25, 0.3) is 0 Å². The molecule has 118 valence electrons. The number of nitrogens with zero attached hydrogens (tertiary/aromatic N) is 2. The maximum absolute atomic E-state index is 8.84. The van der Waals surface area contributed by atoms with Crippen LogP contribution in [0.3, 0.4) is 0 Å². The summed E-state index contributed by atoms with van der Waals surface area (Å²) in [7, 11) is 0. The standard InChI is InChI=1S/C15H24ClN3O2/c1-10(2)19(11(3)4)8-9-21-13-7-5-6-12(16)14(13)15(17)18-20/h5-7,10-11,20H,8-9H2,1-4H3,(H2,17,18). The summed E-state index contributed by atoms with van der Waals surface area (Å²) in [6.45, 7) is 9.91. The van der Waals surface area contributed by atoms with Crippen LogP contribution in [0.15, 0.2) is 23.4 Å². The summed E-state index contributed by atoms with van der Waals surface area (Å²) < 4.78 is 5.77. The zero-order valence-electron chi connectivity index (χ0n) is 13.0. The molecule has 0 unspecified atom stereocenters. The van der Waals surface area contributed by atoms with E-state index < -0.39 is 0 Å². The van der Waals surface area contributed by atoms with Gasteiger partial charge in [-0.05, 0) is 39.8 Å². The van der Waals surface area contributed by atoms with Gasteiger partial charge in [0.2, 0.25) is 0 Å². The van der Waals surface area contributed by atoms with Gasteiger partial charge in [-0.15, -0.1) is 0 Å². The normalized spacial score (nSPS) is 12.5. The Labute approximate surface area is 131 Å². The van der Waals surface area contributed by atoms with Crippen LogP contribution in [-0.4, -0.2) is 41.2 Å². The number of halogens is 1. The zero-order valence-corrected chi connectivity index (χ0v) is 13.8. The maximum Gasteiger partial charge on any atom is 0.175 e. The lowest BCUT2D eigenvalue weighted by atomic mass is 10.2. The lowest BCUT2D eigenvalue weighted by Crippen LogP contribution is -2.39. The van der Waals surface area contributed by atoms with Crippen molar-refractivity contribution in [2.24, 2.45) is 10.9 Å². The third-order valence-electron chi connectivity index (χ3n) is 3.27. The zero-order chi connectivity index (χ0) is 16.0. The molecule has 1 rings (SSSR count). The Kier molecular flexibility index (Phi) is 6.78. The van der Waals surface area contributed by atoms with Gasteiger partial charge in [-0.1, -0.05) is 22.8 Å². The fourth-order valence-corrected chi connectivity index (χ4v) is 2.56. The van der Waals surface area contributed by atoms with E-state index in [1.165, 1.54) is 0 Å². The van der Waals surface area contributed by atoms with Gasteiger partial charge in [-0.3, -0.25) is 4.90 Å². The van der Waals surface area contributed by atoms with Gasteiger partial charge in [0.1, 0.15) is 12.4 Å². The predicted octanol–water partition coefficient (Wildman–Crippen LogP) is 2.93. The third kappa shape index (κ3) is 4.79. The van der Waals surface area contributed by atoms with Crippen molar-refractivity contribution in [3.8, 4) is 5.75 Å².